The van der Waals surface area contributed by atoms with Gasteiger partial charge in [0.1, 0.15) is 17.2 Å². The molecule has 0 aliphatic carbocycles. The predicted molar refractivity (Wildman–Crippen MR) is 126 cm³/mol. The van der Waals surface area contributed by atoms with Gasteiger partial charge in [-0.15, -0.1) is 0 Å². The van der Waals surface area contributed by atoms with Gasteiger partial charge in [0.2, 0.25) is 11.8 Å². The molecule has 2 aromatic carbocycles. The Morgan fingerprint density at radius 3 is 2.58 bits per heavy atom. The Bertz CT molecular complexity index is 1200. The van der Waals surface area contributed by atoms with Gasteiger partial charge in [-0.2, -0.15) is 0 Å². The molecule has 0 bridgehead atoms. The van der Waals surface area contributed by atoms with E-state index in [9.17, 15) is 13.2 Å². The number of ether oxygens (including phenoxy) is 1. The number of benzene rings is 2. The number of nitrogens with zero attached hydrogens (tertiary/aromatic N) is 1. The lowest BCUT2D eigenvalue weighted by atomic mass is 10.1. The van der Waals surface area contributed by atoms with E-state index in [4.69, 9.17) is 9.15 Å². The Morgan fingerprint density at radius 2 is 1.91 bits per heavy atom. The third kappa shape index (κ3) is 6.35. The average Bonchev–Trinajstić information content (AvgIpc) is 3.18. The van der Waals surface area contributed by atoms with E-state index < -0.39 is 10.0 Å². The minimum Gasteiger partial charge on any atom is -0.497 e. The molecular formula is C24H29N3O5S. The van der Waals surface area contributed by atoms with Crippen molar-refractivity contribution in [3.05, 3.63) is 60.0 Å². The van der Waals surface area contributed by atoms with E-state index in [1.165, 1.54) is 19.2 Å². The summed E-state index contributed by atoms with van der Waals surface area (Å²) in [5, 5.41) is 2.88. The normalized spacial score (nSPS) is 12.2. The van der Waals surface area contributed by atoms with E-state index in [1.54, 1.807) is 43.3 Å². The lowest BCUT2D eigenvalue weighted by molar-refractivity contribution is -0.122. The van der Waals surface area contributed by atoms with Crippen LogP contribution >= 0.6 is 0 Å². The third-order valence-corrected chi connectivity index (χ3v) is 6.71. The molecule has 0 spiro atoms. The summed E-state index contributed by atoms with van der Waals surface area (Å²) in [7, 11) is -2.26. The molecular weight excluding hydrogens is 442 g/mol. The van der Waals surface area contributed by atoms with Crippen LogP contribution in [-0.2, 0) is 21.4 Å². The highest BCUT2D eigenvalue weighted by Crippen LogP contribution is 2.26. The van der Waals surface area contributed by atoms with Crippen LogP contribution in [0.25, 0.3) is 11.5 Å². The van der Waals surface area contributed by atoms with Crippen molar-refractivity contribution >= 4 is 21.6 Å². The molecule has 0 aliphatic rings. The van der Waals surface area contributed by atoms with Gasteiger partial charge in [-0.3, -0.25) is 9.52 Å². The van der Waals surface area contributed by atoms with Crippen LogP contribution in [0.1, 0.15) is 38.1 Å². The molecule has 0 aliphatic heterocycles. The molecule has 2 N–H and O–H groups in total. The predicted octanol–water partition coefficient (Wildman–Crippen LogP) is 4.51. The Hall–Kier alpha value is -3.33. The summed E-state index contributed by atoms with van der Waals surface area (Å²) < 4.78 is 38.9. The summed E-state index contributed by atoms with van der Waals surface area (Å²) in [6.07, 6.45) is 1.41. The van der Waals surface area contributed by atoms with Crippen molar-refractivity contribution in [3.63, 3.8) is 0 Å². The minimum atomic E-state index is -3.77. The van der Waals surface area contributed by atoms with Crippen molar-refractivity contribution in [2.45, 2.75) is 45.1 Å². The van der Waals surface area contributed by atoms with Gasteiger partial charge in [0.15, 0.2) is 0 Å². The number of aromatic nitrogens is 1. The lowest BCUT2D eigenvalue weighted by Gasteiger charge is -2.09. The number of oxazole rings is 1. The second-order valence-electron chi connectivity index (χ2n) is 7.88. The zero-order valence-corrected chi connectivity index (χ0v) is 20.0. The molecule has 8 nitrogen and oxygen atoms in total. The number of methoxy groups -OCH3 is 1. The number of rotatable bonds is 10. The van der Waals surface area contributed by atoms with Crippen molar-refractivity contribution < 1.29 is 22.4 Å². The molecule has 33 heavy (non-hydrogen) atoms. The van der Waals surface area contributed by atoms with E-state index in [2.05, 4.69) is 21.9 Å². The Balaban J connectivity index is 1.73. The van der Waals surface area contributed by atoms with Gasteiger partial charge in [-0.05, 0) is 55.3 Å². The van der Waals surface area contributed by atoms with Crippen LogP contribution in [0.3, 0.4) is 0 Å². The van der Waals surface area contributed by atoms with Gasteiger partial charge in [-0.25, -0.2) is 13.4 Å². The summed E-state index contributed by atoms with van der Waals surface area (Å²) in [5.41, 5.74) is 1.62. The molecule has 1 amide bonds. The van der Waals surface area contributed by atoms with Crippen LogP contribution in [0.2, 0.25) is 0 Å². The molecule has 1 heterocycles. The average molecular weight is 472 g/mol. The molecule has 0 radical (unpaired) electrons. The van der Waals surface area contributed by atoms with Gasteiger partial charge in [0.25, 0.3) is 10.0 Å². The number of hydrogen-bond acceptors (Lipinski definition) is 6. The Kier molecular flexibility index (Phi) is 7.75. The molecule has 9 heteroatoms. The standard InChI is InChI=1S/C24H29N3O5S/c1-5-16(2)13-23(28)25-15-22-17(3)32-24(26-22)18-7-6-8-19(14-18)27-33(29,30)21-11-9-20(31-4)10-12-21/h6-12,14,16,27H,5,13,15H2,1-4H3,(H,25,28)/t16-/m1/s1. The highest BCUT2D eigenvalue weighted by Gasteiger charge is 2.17. The number of nitrogens with one attached hydrogen (secondary N) is 2. The number of sulfonamides is 1. The monoisotopic (exact) mass is 471 g/mol. The van der Waals surface area contributed by atoms with E-state index in [0.29, 0.717) is 46.7 Å². The summed E-state index contributed by atoms with van der Waals surface area (Å²) in [5.74, 6) is 1.82. The van der Waals surface area contributed by atoms with E-state index in [-0.39, 0.29) is 17.3 Å². The van der Waals surface area contributed by atoms with Gasteiger partial charge in [0, 0.05) is 17.7 Å². The van der Waals surface area contributed by atoms with Crippen molar-refractivity contribution in [1.29, 1.82) is 0 Å². The fourth-order valence-corrected chi connectivity index (χ4v) is 4.16. The molecule has 1 atom stereocenters. The van der Waals surface area contributed by atoms with Crippen LogP contribution in [0.5, 0.6) is 5.75 Å². The molecule has 3 aromatic rings. The van der Waals surface area contributed by atoms with Crippen LogP contribution in [0.15, 0.2) is 57.8 Å². The van der Waals surface area contributed by atoms with Crippen molar-refractivity contribution in [2.75, 3.05) is 11.8 Å². The molecule has 1 aromatic heterocycles. The summed E-state index contributed by atoms with van der Waals surface area (Å²) in [6.45, 7) is 6.14. The molecule has 0 fully saturated rings. The fourth-order valence-electron chi connectivity index (χ4n) is 3.12. The largest absolute Gasteiger partial charge is 0.497 e. The minimum absolute atomic E-state index is 0.0248. The molecule has 176 valence electrons. The highest BCUT2D eigenvalue weighted by atomic mass is 32.2. The smallest absolute Gasteiger partial charge is 0.261 e. The maximum atomic E-state index is 12.7. The van der Waals surface area contributed by atoms with Gasteiger partial charge < -0.3 is 14.5 Å². The number of hydrogen-bond donors (Lipinski definition) is 2. The zero-order valence-electron chi connectivity index (χ0n) is 19.2. The second-order valence-corrected chi connectivity index (χ2v) is 9.56. The van der Waals surface area contributed by atoms with Gasteiger partial charge >= 0.3 is 0 Å². The van der Waals surface area contributed by atoms with E-state index >= 15 is 0 Å². The second kappa shape index (κ2) is 10.5. The van der Waals surface area contributed by atoms with Crippen LogP contribution in [0, 0.1) is 12.8 Å². The fraction of sp³-hybridized carbons (Fsp3) is 0.333. The highest BCUT2D eigenvalue weighted by molar-refractivity contribution is 7.92. The third-order valence-electron chi connectivity index (χ3n) is 5.31. The number of aryl methyl sites for hydroxylation is 1. The van der Waals surface area contributed by atoms with E-state index in [0.717, 1.165) is 6.42 Å². The maximum absolute atomic E-state index is 12.7. The molecule has 3 rings (SSSR count). The van der Waals surface area contributed by atoms with Crippen molar-refractivity contribution in [2.24, 2.45) is 5.92 Å². The van der Waals surface area contributed by atoms with E-state index in [1.807, 2.05) is 6.92 Å². The topological polar surface area (TPSA) is 111 Å². The Labute approximate surface area is 194 Å². The first-order valence-electron chi connectivity index (χ1n) is 10.7. The first-order valence-corrected chi connectivity index (χ1v) is 12.2. The number of carbonyl (C=O) groups excluding carboxylic acids is 1. The first kappa shape index (κ1) is 24.3. The molecule has 0 saturated heterocycles. The van der Waals surface area contributed by atoms with Crippen LogP contribution in [-0.4, -0.2) is 26.4 Å². The number of carbonyl (C=O) groups is 1. The summed E-state index contributed by atoms with van der Waals surface area (Å²) in [4.78, 5) is 16.7. The quantitative estimate of drug-likeness (QED) is 0.450. The number of amides is 1. The summed E-state index contributed by atoms with van der Waals surface area (Å²) >= 11 is 0. The zero-order chi connectivity index (χ0) is 24.0. The summed E-state index contributed by atoms with van der Waals surface area (Å²) in [6, 6.07) is 12.9. The van der Waals surface area contributed by atoms with Crippen LogP contribution in [0.4, 0.5) is 5.69 Å². The van der Waals surface area contributed by atoms with Crippen molar-refractivity contribution in [1.82, 2.24) is 10.3 Å². The SMILES string of the molecule is CC[C@@H](C)CC(=O)NCc1nc(-c2cccc(NS(=O)(=O)c3ccc(OC)cc3)c2)oc1C. The molecule has 0 saturated carbocycles. The lowest BCUT2D eigenvalue weighted by Crippen LogP contribution is -2.24. The van der Waals surface area contributed by atoms with Gasteiger partial charge in [0.05, 0.1) is 18.6 Å². The van der Waals surface area contributed by atoms with Crippen molar-refractivity contribution in [3.8, 4) is 17.2 Å². The maximum Gasteiger partial charge on any atom is 0.261 e. The van der Waals surface area contributed by atoms with Gasteiger partial charge in [-0.1, -0.05) is 26.3 Å². The number of anilines is 1. The van der Waals surface area contributed by atoms with Crippen LogP contribution < -0.4 is 14.8 Å². The first-order chi connectivity index (χ1) is 15.7. The Morgan fingerprint density at radius 1 is 1.18 bits per heavy atom. The molecule has 0 unspecified atom stereocenters.